The number of alkyl halides is 2. The van der Waals surface area contributed by atoms with Gasteiger partial charge in [-0.05, 0) is 36.4 Å². The van der Waals surface area contributed by atoms with Crippen LogP contribution in [0.4, 0.5) is 32.1 Å². The molecule has 1 fully saturated rings. The summed E-state index contributed by atoms with van der Waals surface area (Å²) in [5.74, 6) is 0.0972. The van der Waals surface area contributed by atoms with Gasteiger partial charge in [0.15, 0.2) is 29.3 Å². The van der Waals surface area contributed by atoms with Crippen molar-refractivity contribution < 1.29 is 31.4 Å². The van der Waals surface area contributed by atoms with Crippen LogP contribution in [-0.4, -0.2) is 87.0 Å². The summed E-state index contributed by atoms with van der Waals surface area (Å²) >= 11 is 6.56. The van der Waals surface area contributed by atoms with Crippen LogP contribution in [0.5, 0.6) is 17.5 Å². The smallest absolute Gasteiger partial charge is 0.467 e. The van der Waals surface area contributed by atoms with Crippen LogP contribution in [0, 0.1) is 0 Å². The molecule has 0 spiro atoms. The van der Waals surface area contributed by atoms with Crippen molar-refractivity contribution in [1.29, 1.82) is 0 Å². The monoisotopic (exact) mass is 672 g/mol. The lowest BCUT2D eigenvalue weighted by Gasteiger charge is -2.32. The Hall–Kier alpha value is -4.48. The first-order chi connectivity index (χ1) is 21.9. The van der Waals surface area contributed by atoms with Gasteiger partial charge in [-0.3, -0.25) is 4.98 Å². The predicted molar refractivity (Wildman–Crippen MR) is 169 cm³/mol. The fraction of sp³-hybridized carbons (Fsp3) is 0.286. The molecule has 46 heavy (non-hydrogen) atoms. The minimum absolute atomic E-state index is 0.00487. The number of para-hydroxylation sites is 1. The number of hydrogen-bond donors (Lipinski definition) is 2. The topological polar surface area (TPSA) is 144 Å². The summed E-state index contributed by atoms with van der Waals surface area (Å²) < 4.78 is 68.5. The van der Waals surface area contributed by atoms with E-state index in [-0.39, 0.29) is 50.3 Å². The summed E-state index contributed by atoms with van der Waals surface area (Å²) in [4.78, 5) is 21.9. The number of anilines is 4. The van der Waals surface area contributed by atoms with Crippen molar-refractivity contribution in [3.63, 3.8) is 0 Å². The number of pyridine rings is 1. The van der Waals surface area contributed by atoms with Crippen LogP contribution in [0.2, 0.25) is 5.02 Å². The number of hydrogen-bond acceptors (Lipinski definition) is 13. The minimum atomic E-state index is -3.88. The molecule has 1 saturated heterocycles. The van der Waals surface area contributed by atoms with Crippen molar-refractivity contribution in [2.45, 2.75) is 17.2 Å². The van der Waals surface area contributed by atoms with Crippen molar-refractivity contribution in [2.24, 2.45) is 0 Å². The molecule has 240 valence electrons. The van der Waals surface area contributed by atoms with E-state index >= 15 is 0 Å². The largest absolute Gasteiger partial charge is 0.586 e. The average Bonchev–Trinajstić information content (AvgIpc) is 3.34. The lowest BCUT2D eigenvalue weighted by atomic mass is 10.0. The highest BCUT2D eigenvalue weighted by Gasteiger charge is 2.45. The molecule has 0 aliphatic carbocycles. The van der Waals surface area contributed by atoms with E-state index < -0.39 is 22.2 Å². The van der Waals surface area contributed by atoms with Gasteiger partial charge in [-0.1, -0.05) is 23.7 Å². The molecule has 2 aliphatic rings. The van der Waals surface area contributed by atoms with Crippen LogP contribution < -0.4 is 29.7 Å². The predicted octanol–water partition coefficient (Wildman–Crippen LogP) is 3.27. The second-order valence-electron chi connectivity index (χ2n) is 10.6. The number of aromatic nitrogens is 4. The molecule has 2 aromatic heterocycles. The fourth-order valence-corrected chi connectivity index (χ4v) is 5.90. The van der Waals surface area contributed by atoms with Crippen molar-refractivity contribution >= 4 is 52.7 Å². The molecule has 4 heterocycles. The van der Waals surface area contributed by atoms with Crippen LogP contribution in [0.25, 0.3) is 0 Å². The average molecular weight is 673 g/mol. The van der Waals surface area contributed by atoms with Crippen molar-refractivity contribution in [1.82, 2.24) is 24.7 Å². The summed E-state index contributed by atoms with van der Waals surface area (Å²) in [5, 5.41) is 6.63. The number of nitrogens with one attached hydrogen (secondary N) is 2. The van der Waals surface area contributed by atoms with Gasteiger partial charge in [0, 0.05) is 44.2 Å². The van der Waals surface area contributed by atoms with Crippen LogP contribution in [0.3, 0.4) is 0 Å². The highest BCUT2D eigenvalue weighted by Crippen LogP contribution is 2.47. The Kier molecular flexibility index (Phi) is 8.48. The van der Waals surface area contributed by atoms with Gasteiger partial charge >= 0.3 is 12.3 Å². The van der Waals surface area contributed by atoms with E-state index in [2.05, 4.69) is 40.1 Å². The third-order valence-corrected chi connectivity index (χ3v) is 8.80. The van der Waals surface area contributed by atoms with E-state index in [4.69, 9.17) is 21.1 Å². The Morgan fingerprint density at radius 1 is 1.04 bits per heavy atom. The van der Waals surface area contributed by atoms with Crippen molar-refractivity contribution in [3.05, 3.63) is 71.0 Å². The highest BCUT2D eigenvalue weighted by molar-refractivity contribution is 7.90. The number of halogens is 3. The molecular formula is C28H28BClF2N8O5S. The molecule has 18 heteroatoms. The fourth-order valence-electron chi connectivity index (χ4n) is 5.02. The van der Waals surface area contributed by atoms with E-state index in [1.165, 1.54) is 43.6 Å². The van der Waals surface area contributed by atoms with E-state index in [0.29, 0.717) is 24.7 Å². The highest BCUT2D eigenvalue weighted by atomic mass is 35.5. The first-order valence-corrected chi connectivity index (χ1v) is 16.3. The van der Waals surface area contributed by atoms with Crippen LogP contribution in [0.1, 0.15) is 17.3 Å². The molecular weight excluding hydrogens is 645 g/mol. The SMILES string of the molecule is BN1CCN(c2nc(Nc3cc(S(C)(=O)=O)ccc3N[C@@H](c3cccc4c3OC(F)(F)O4)c3ncccc3Cl)nc(OC)n2)CC1. The van der Waals surface area contributed by atoms with Gasteiger partial charge in [0.05, 0.1) is 40.1 Å². The third-order valence-electron chi connectivity index (χ3n) is 7.37. The molecule has 2 aromatic carbocycles. The van der Waals surface area contributed by atoms with Gasteiger partial charge in [-0.2, -0.15) is 15.0 Å². The Bertz CT molecular complexity index is 1880. The molecule has 13 nitrogen and oxygen atoms in total. The molecule has 1 atom stereocenters. The number of methoxy groups -OCH3 is 1. The second kappa shape index (κ2) is 12.4. The minimum Gasteiger partial charge on any atom is -0.467 e. The number of sulfone groups is 1. The Morgan fingerprint density at radius 3 is 2.54 bits per heavy atom. The zero-order valence-corrected chi connectivity index (χ0v) is 26.4. The van der Waals surface area contributed by atoms with E-state index in [1.54, 1.807) is 18.2 Å². The molecule has 6 rings (SSSR count). The summed E-state index contributed by atoms with van der Waals surface area (Å²) in [7, 11) is -0.191. The summed E-state index contributed by atoms with van der Waals surface area (Å²) in [6.07, 6.45) is -1.29. The Morgan fingerprint density at radius 2 is 1.83 bits per heavy atom. The van der Waals surface area contributed by atoms with Gasteiger partial charge in [0.25, 0.3) is 0 Å². The molecule has 2 N–H and O–H groups in total. The molecule has 0 unspecified atom stereocenters. The summed E-state index contributed by atoms with van der Waals surface area (Å²) in [6, 6.07) is 11.1. The zero-order valence-electron chi connectivity index (χ0n) is 24.9. The Labute approximate surface area is 269 Å². The van der Waals surface area contributed by atoms with Crippen LogP contribution >= 0.6 is 11.6 Å². The molecule has 4 aromatic rings. The van der Waals surface area contributed by atoms with Gasteiger partial charge in [-0.25, -0.2) is 8.42 Å². The normalized spacial score (nSPS) is 16.6. The first-order valence-electron chi connectivity index (χ1n) is 14.0. The number of ether oxygens (including phenoxy) is 3. The maximum absolute atomic E-state index is 14.2. The number of benzene rings is 2. The summed E-state index contributed by atoms with van der Waals surface area (Å²) in [6.45, 7) is 2.97. The molecule has 2 aliphatic heterocycles. The standard InChI is InChI=1S/C28H28BClF2N8O5S/c1-43-27-37-25(36-26(38-27)39-11-13-40(29)14-12-39)35-20-15-16(46(2,41)42)8-9-19(20)34-22(23-18(30)6-4-10-33-23)17-5-3-7-21-24(17)45-28(31,32)44-21/h3-10,15,22,34H,11-14,29H2,1-2H3,(H,35,36,37,38)/t22-/m0/s1. The Balaban J connectivity index is 1.44. The van der Waals surface area contributed by atoms with Crippen LogP contribution in [-0.2, 0) is 9.84 Å². The van der Waals surface area contributed by atoms with E-state index in [1.807, 2.05) is 12.9 Å². The molecule has 0 amide bonds. The van der Waals surface area contributed by atoms with Gasteiger partial charge in [0.1, 0.15) is 0 Å². The summed E-state index contributed by atoms with van der Waals surface area (Å²) in [5.41, 5.74) is 1.11. The van der Waals surface area contributed by atoms with Crippen molar-refractivity contribution in [3.8, 4) is 17.5 Å². The quantitative estimate of drug-likeness (QED) is 0.251. The second-order valence-corrected chi connectivity index (χ2v) is 13.1. The number of piperazine rings is 1. The maximum atomic E-state index is 14.2. The number of rotatable bonds is 9. The van der Waals surface area contributed by atoms with Crippen LogP contribution in [0.15, 0.2) is 59.6 Å². The maximum Gasteiger partial charge on any atom is 0.586 e. The van der Waals surface area contributed by atoms with Gasteiger partial charge in [-0.15, -0.1) is 8.78 Å². The molecule has 0 bridgehead atoms. The molecule has 0 saturated carbocycles. The zero-order chi connectivity index (χ0) is 32.6. The third kappa shape index (κ3) is 6.71. The molecule has 0 radical (unpaired) electrons. The number of nitrogens with zero attached hydrogens (tertiary/aromatic N) is 6. The lowest BCUT2D eigenvalue weighted by molar-refractivity contribution is -0.287. The van der Waals surface area contributed by atoms with Gasteiger partial charge in [0.2, 0.25) is 11.9 Å². The van der Waals surface area contributed by atoms with Crippen molar-refractivity contribution in [2.75, 3.05) is 55.1 Å². The van der Waals surface area contributed by atoms with E-state index in [9.17, 15) is 17.2 Å². The van der Waals surface area contributed by atoms with E-state index in [0.717, 1.165) is 19.3 Å². The van der Waals surface area contributed by atoms with Gasteiger partial charge < -0.3 is 34.6 Å². The number of fused-ring (bicyclic) bond motifs is 1. The first kappa shape index (κ1) is 31.5. The lowest BCUT2D eigenvalue weighted by Crippen LogP contribution is -2.45.